The number of halogens is 2. The van der Waals surface area contributed by atoms with Gasteiger partial charge in [-0.3, -0.25) is 9.59 Å². The molecule has 4 aromatic rings. The highest BCUT2D eigenvalue weighted by Gasteiger charge is 2.15. The fraction of sp³-hybridized carbons (Fsp3) is 0.0455. The van der Waals surface area contributed by atoms with Gasteiger partial charge in [0.1, 0.15) is 12.4 Å². The molecule has 0 radical (unpaired) electrons. The highest BCUT2D eigenvalue weighted by Crippen LogP contribution is 2.24. The Morgan fingerprint density at radius 1 is 0.929 bits per heavy atom. The lowest BCUT2D eigenvalue weighted by Crippen LogP contribution is -2.27. The number of hydrogen-bond acceptors (Lipinski definition) is 3. The van der Waals surface area contributed by atoms with Gasteiger partial charge in [-0.25, -0.2) is 9.07 Å². The first kappa shape index (κ1) is 18.1. The largest absolute Gasteiger partial charge is 0.292 e. The summed E-state index contributed by atoms with van der Waals surface area (Å²) < 4.78 is 14.5. The van der Waals surface area contributed by atoms with Gasteiger partial charge in [0.25, 0.3) is 5.56 Å². The minimum atomic E-state index is -0.362. The van der Waals surface area contributed by atoms with Gasteiger partial charge < -0.3 is 0 Å². The van der Waals surface area contributed by atoms with Crippen molar-refractivity contribution in [2.75, 3.05) is 0 Å². The molecular weight excluding hydrogens is 379 g/mol. The molecule has 1 aromatic heterocycles. The average molecular weight is 393 g/mol. The molecule has 0 aliphatic rings. The molecule has 0 N–H and O–H groups in total. The normalized spacial score (nSPS) is 10.9. The lowest BCUT2D eigenvalue weighted by Gasteiger charge is -2.11. The van der Waals surface area contributed by atoms with Crippen molar-refractivity contribution in [2.45, 2.75) is 6.54 Å². The molecule has 0 unspecified atom stereocenters. The van der Waals surface area contributed by atoms with E-state index < -0.39 is 0 Å². The SMILES string of the molecule is O=C(Cn1nc(-c2ccc(F)cc2)c2ccccc2c1=O)c1ccc(Cl)cc1. The minimum absolute atomic E-state index is 0.209. The van der Waals surface area contributed by atoms with E-state index in [0.717, 1.165) is 4.68 Å². The Morgan fingerprint density at radius 3 is 2.25 bits per heavy atom. The summed E-state index contributed by atoms with van der Waals surface area (Å²) in [6.07, 6.45) is 0. The Hall–Kier alpha value is -3.31. The number of Topliss-reactive ketones (excluding diaryl/α,β-unsaturated/α-hetero) is 1. The number of benzene rings is 3. The van der Waals surface area contributed by atoms with Crippen LogP contribution in [0.15, 0.2) is 77.6 Å². The minimum Gasteiger partial charge on any atom is -0.292 e. The third-order valence-corrected chi connectivity index (χ3v) is 4.70. The van der Waals surface area contributed by atoms with E-state index in [2.05, 4.69) is 5.10 Å². The van der Waals surface area contributed by atoms with E-state index >= 15 is 0 Å². The maximum atomic E-state index is 13.3. The summed E-state index contributed by atoms with van der Waals surface area (Å²) in [5, 5.41) is 6.04. The number of carbonyl (C=O) groups is 1. The van der Waals surface area contributed by atoms with Gasteiger partial charge in [0.05, 0.1) is 11.1 Å². The highest BCUT2D eigenvalue weighted by atomic mass is 35.5. The third kappa shape index (κ3) is 3.44. The van der Waals surface area contributed by atoms with Crippen molar-refractivity contribution in [2.24, 2.45) is 0 Å². The van der Waals surface area contributed by atoms with Crippen LogP contribution in [0, 0.1) is 5.82 Å². The summed E-state index contributed by atoms with van der Waals surface area (Å²) in [7, 11) is 0. The summed E-state index contributed by atoms with van der Waals surface area (Å²) in [5.74, 6) is -0.620. The number of hydrogen-bond donors (Lipinski definition) is 0. The maximum Gasteiger partial charge on any atom is 0.275 e. The molecule has 0 atom stereocenters. The van der Waals surface area contributed by atoms with Crippen molar-refractivity contribution in [3.05, 3.63) is 99.6 Å². The van der Waals surface area contributed by atoms with Crippen LogP contribution in [-0.2, 0) is 6.54 Å². The Morgan fingerprint density at radius 2 is 1.57 bits per heavy atom. The van der Waals surface area contributed by atoms with Crippen molar-refractivity contribution >= 4 is 28.2 Å². The van der Waals surface area contributed by atoms with Crippen LogP contribution in [-0.4, -0.2) is 15.6 Å². The summed E-state index contributed by atoms with van der Waals surface area (Å²) >= 11 is 5.86. The lowest BCUT2D eigenvalue weighted by atomic mass is 10.0. The highest BCUT2D eigenvalue weighted by molar-refractivity contribution is 6.30. The molecule has 1 heterocycles. The van der Waals surface area contributed by atoms with Crippen LogP contribution < -0.4 is 5.56 Å². The number of rotatable bonds is 4. The van der Waals surface area contributed by atoms with Crippen molar-refractivity contribution in [1.29, 1.82) is 0 Å². The van der Waals surface area contributed by atoms with E-state index in [-0.39, 0.29) is 23.7 Å². The number of carbonyl (C=O) groups excluding carboxylic acids is 1. The molecule has 0 spiro atoms. The first-order valence-corrected chi connectivity index (χ1v) is 8.95. The fourth-order valence-electron chi connectivity index (χ4n) is 3.03. The summed E-state index contributed by atoms with van der Waals surface area (Å²) in [5.41, 5.74) is 1.25. The smallest absolute Gasteiger partial charge is 0.275 e. The van der Waals surface area contributed by atoms with Crippen LogP contribution in [0.25, 0.3) is 22.0 Å². The zero-order chi connectivity index (χ0) is 19.7. The molecule has 4 rings (SSSR count). The van der Waals surface area contributed by atoms with E-state index in [1.54, 1.807) is 60.7 Å². The van der Waals surface area contributed by atoms with Crippen molar-refractivity contribution in [3.63, 3.8) is 0 Å². The molecule has 3 aromatic carbocycles. The van der Waals surface area contributed by atoms with Crippen molar-refractivity contribution in [1.82, 2.24) is 9.78 Å². The lowest BCUT2D eigenvalue weighted by molar-refractivity contribution is 0.0966. The van der Waals surface area contributed by atoms with E-state index in [4.69, 9.17) is 11.6 Å². The van der Waals surface area contributed by atoms with Gasteiger partial charge >= 0.3 is 0 Å². The van der Waals surface area contributed by atoms with E-state index in [9.17, 15) is 14.0 Å². The number of nitrogens with zero attached hydrogens (tertiary/aromatic N) is 2. The molecule has 138 valence electrons. The molecule has 0 amide bonds. The first-order valence-electron chi connectivity index (χ1n) is 8.57. The topological polar surface area (TPSA) is 52.0 Å². The monoisotopic (exact) mass is 392 g/mol. The zero-order valence-corrected chi connectivity index (χ0v) is 15.4. The van der Waals surface area contributed by atoms with Crippen LogP contribution in [0.4, 0.5) is 4.39 Å². The van der Waals surface area contributed by atoms with Gasteiger partial charge in [0.2, 0.25) is 0 Å². The average Bonchev–Trinajstić information content (AvgIpc) is 2.71. The number of aromatic nitrogens is 2. The summed E-state index contributed by atoms with van der Waals surface area (Å²) in [6, 6.07) is 19.4. The molecule has 6 heteroatoms. The summed E-state index contributed by atoms with van der Waals surface area (Å²) in [6.45, 7) is -0.209. The van der Waals surface area contributed by atoms with Crippen LogP contribution in [0.3, 0.4) is 0 Å². The fourth-order valence-corrected chi connectivity index (χ4v) is 3.15. The first-order chi connectivity index (χ1) is 13.5. The second kappa shape index (κ2) is 7.37. The molecule has 0 bridgehead atoms. The van der Waals surface area contributed by atoms with Gasteiger partial charge in [0.15, 0.2) is 5.78 Å². The van der Waals surface area contributed by atoms with E-state index in [1.165, 1.54) is 12.1 Å². The van der Waals surface area contributed by atoms with Gasteiger partial charge in [-0.2, -0.15) is 5.10 Å². The van der Waals surface area contributed by atoms with Crippen LogP contribution in [0.2, 0.25) is 5.02 Å². The molecule has 0 aliphatic heterocycles. The molecule has 28 heavy (non-hydrogen) atoms. The molecule has 0 fully saturated rings. The van der Waals surface area contributed by atoms with E-state index in [0.29, 0.717) is 32.6 Å². The predicted octanol–water partition coefficient (Wildman–Crippen LogP) is 4.74. The predicted molar refractivity (Wildman–Crippen MR) is 107 cm³/mol. The molecule has 0 aliphatic carbocycles. The van der Waals surface area contributed by atoms with Gasteiger partial charge in [-0.1, -0.05) is 29.8 Å². The Balaban J connectivity index is 1.83. The van der Waals surface area contributed by atoms with Crippen LogP contribution in [0.1, 0.15) is 10.4 Å². The number of fused-ring (bicyclic) bond motifs is 1. The zero-order valence-electron chi connectivity index (χ0n) is 14.6. The van der Waals surface area contributed by atoms with E-state index in [1.807, 2.05) is 0 Å². The number of ketones is 1. The van der Waals surface area contributed by atoms with Crippen molar-refractivity contribution < 1.29 is 9.18 Å². The Bertz CT molecular complexity index is 1230. The van der Waals surface area contributed by atoms with Crippen LogP contribution in [0.5, 0.6) is 0 Å². The third-order valence-electron chi connectivity index (χ3n) is 4.44. The standard InChI is InChI=1S/C22H14ClFN2O2/c23-16-9-5-14(6-10-16)20(27)13-26-22(28)19-4-2-1-3-18(19)21(25-26)15-7-11-17(24)12-8-15/h1-12H,13H2. The second-order valence-corrected chi connectivity index (χ2v) is 6.73. The van der Waals surface area contributed by atoms with Crippen LogP contribution >= 0.6 is 11.6 Å². The second-order valence-electron chi connectivity index (χ2n) is 6.29. The molecular formula is C22H14ClFN2O2. The summed E-state index contributed by atoms with van der Waals surface area (Å²) in [4.78, 5) is 25.5. The molecule has 0 saturated carbocycles. The quantitative estimate of drug-likeness (QED) is 0.471. The Kier molecular flexibility index (Phi) is 4.75. The van der Waals surface area contributed by atoms with Gasteiger partial charge in [-0.15, -0.1) is 0 Å². The van der Waals surface area contributed by atoms with Crippen molar-refractivity contribution in [3.8, 4) is 11.3 Å². The molecule has 0 saturated heterocycles. The maximum absolute atomic E-state index is 13.3. The molecule has 4 nitrogen and oxygen atoms in total. The van der Waals surface area contributed by atoms with Gasteiger partial charge in [0, 0.05) is 21.5 Å². The van der Waals surface area contributed by atoms with Gasteiger partial charge in [-0.05, 0) is 54.6 Å². The Labute approximate surface area is 164 Å².